The van der Waals surface area contributed by atoms with Gasteiger partial charge in [-0.1, -0.05) is 48.0 Å². The second-order valence-electron chi connectivity index (χ2n) is 7.19. The van der Waals surface area contributed by atoms with Crippen molar-refractivity contribution >= 4 is 22.5 Å². The number of nitrogens with zero attached hydrogens (tertiary/aromatic N) is 1. The molecule has 0 saturated carbocycles. The molecule has 0 atom stereocenters. The van der Waals surface area contributed by atoms with Crippen molar-refractivity contribution in [2.24, 2.45) is 0 Å². The summed E-state index contributed by atoms with van der Waals surface area (Å²) in [5.74, 6) is -0.126. The highest BCUT2D eigenvalue weighted by molar-refractivity contribution is 6.13. The zero-order valence-electron chi connectivity index (χ0n) is 16.3. The maximum absolute atomic E-state index is 13.2. The molecule has 4 rings (SSSR count). The molecule has 0 aliphatic heterocycles. The van der Waals surface area contributed by atoms with Gasteiger partial charge < -0.3 is 5.32 Å². The van der Waals surface area contributed by atoms with E-state index in [1.165, 1.54) is 5.56 Å². The van der Waals surface area contributed by atoms with Crippen LogP contribution in [0.2, 0.25) is 0 Å². The Morgan fingerprint density at radius 3 is 2.36 bits per heavy atom. The van der Waals surface area contributed by atoms with Crippen molar-refractivity contribution in [2.75, 3.05) is 5.32 Å². The molecule has 0 spiro atoms. The molecule has 0 aliphatic rings. The summed E-state index contributed by atoms with van der Waals surface area (Å²) in [4.78, 5) is 18.0. The van der Waals surface area contributed by atoms with Crippen LogP contribution in [0.3, 0.4) is 0 Å². The summed E-state index contributed by atoms with van der Waals surface area (Å²) >= 11 is 0. The van der Waals surface area contributed by atoms with Crippen molar-refractivity contribution < 1.29 is 4.79 Å². The molecule has 4 aromatic rings. The Labute approximate surface area is 165 Å². The van der Waals surface area contributed by atoms with Crippen LogP contribution >= 0.6 is 0 Å². The zero-order valence-corrected chi connectivity index (χ0v) is 16.3. The number of hydrogen-bond donors (Lipinski definition) is 1. The average molecular weight is 366 g/mol. The molecule has 3 aromatic carbocycles. The van der Waals surface area contributed by atoms with E-state index in [1.807, 2.05) is 86.6 Å². The highest BCUT2D eigenvalue weighted by Gasteiger charge is 2.15. The van der Waals surface area contributed by atoms with Crippen LogP contribution in [-0.4, -0.2) is 10.9 Å². The van der Waals surface area contributed by atoms with E-state index < -0.39 is 0 Å². The third kappa shape index (κ3) is 3.52. The molecule has 138 valence electrons. The van der Waals surface area contributed by atoms with Crippen molar-refractivity contribution in [1.29, 1.82) is 0 Å². The van der Waals surface area contributed by atoms with Crippen LogP contribution in [-0.2, 0) is 0 Å². The monoisotopic (exact) mass is 366 g/mol. The Kier molecular flexibility index (Phi) is 4.66. The first-order valence-electron chi connectivity index (χ1n) is 9.37. The molecule has 1 heterocycles. The van der Waals surface area contributed by atoms with Gasteiger partial charge in [-0.25, -0.2) is 4.98 Å². The van der Waals surface area contributed by atoms with E-state index >= 15 is 0 Å². The molecule has 1 aromatic heterocycles. The van der Waals surface area contributed by atoms with Crippen molar-refractivity contribution in [1.82, 2.24) is 4.98 Å². The van der Waals surface area contributed by atoms with Crippen molar-refractivity contribution in [3.63, 3.8) is 0 Å². The minimum atomic E-state index is -0.126. The molecular formula is C25H22N2O. The minimum Gasteiger partial charge on any atom is -0.322 e. The first-order valence-corrected chi connectivity index (χ1v) is 9.37. The van der Waals surface area contributed by atoms with Gasteiger partial charge in [0.2, 0.25) is 0 Å². The summed E-state index contributed by atoms with van der Waals surface area (Å²) in [6, 6.07) is 23.8. The fourth-order valence-corrected chi connectivity index (χ4v) is 3.30. The summed E-state index contributed by atoms with van der Waals surface area (Å²) in [6.07, 6.45) is 0. The molecule has 3 nitrogen and oxygen atoms in total. The minimum absolute atomic E-state index is 0.126. The summed E-state index contributed by atoms with van der Waals surface area (Å²) in [6.45, 7) is 6.13. The number of carbonyl (C=O) groups excluding carboxylic acids is 1. The first-order chi connectivity index (χ1) is 13.5. The number of pyridine rings is 1. The van der Waals surface area contributed by atoms with Crippen LogP contribution in [0.15, 0.2) is 72.8 Å². The van der Waals surface area contributed by atoms with Crippen LogP contribution in [0, 0.1) is 20.8 Å². The van der Waals surface area contributed by atoms with E-state index in [1.54, 1.807) is 0 Å². The van der Waals surface area contributed by atoms with Crippen LogP contribution < -0.4 is 5.32 Å². The summed E-state index contributed by atoms with van der Waals surface area (Å²) < 4.78 is 0. The average Bonchev–Trinajstić information content (AvgIpc) is 2.70. The van der Waals surface area contributed by atoms with Crippen molar-refractivity contribution in [3.05, 3.63) is 95.1 Å². The van der Waals surface area contributed by atoms with Crippen LogP contribution in [0.1, 0.15) is 27.0 Å². The molecule has 1 N–H and O–H groups in total. The maximum atomic E-state index is 13.2. The molecule has 0 unspecified atom stereocenters. The third-order valence-electron chi connectivity index (χ3n) is 5.04. The zero-order chi connectivity index (χ0) is 19.7. The molecule has 1 amide bonds. The number of aromatic nitrogens is 1. The standard InChI is InChI=1S/C25H22N2O/c1-16-9-12-23-21(13-16)22(15-24(27-23)19-7-5-4-6-8-19)25(28)26-20-11-10-17(2)18(3)14-20/h4-15H,1-3H3,(H,26,28). The Morgan fingerprint density at radius 1 is 0.821 bits per heavy atom. The Hall–Kier alpha value is -3.46. The fraction of sp³-hybridized carbons (Fsp3) is 0.120. The van der Waals surface area contributed by atoms with Gasteiger partial charge >= 0.3 is 0 Å². The predicted octanol–water partition coefficient (Wildman–Crippen LogP) is 6.08. The Balaban J connectivity index is 1.82. The van der Waals surface area contributed by atoms with Crippen LogP contribution in [0.4, 0.5) is 5.69 Å². The van der Waals surface area contributed by atoms with Crippen LogP contribution in [0.25, 0.3) is 22.2 Å². The molecule has 3 heteroatoms. The van der Waals surface area contributed by atoms with Gasteiger partial charge in [0.05, 0.1) is 16.8 Å². The van der Waals surface area contributed by atoms with Crippen LogP contribution in [0.5, 0.6) is 0 Å². The highest BCUT2D eigenvalue weighted by atomic mass is 16.1. The Bertz CT molecular complexity index is 1180. The summed E-state index contributed by atoms with van der Waals surface area (Å²) in [7, 11) is 0. The number of benzene rings is 3. The van der Waals surface area contributed by atoms with Gasteiger partial charge in [0.25, 0.3) is 5.91 Å². The van der Waals surface area contributed by atoms with E-state index in [9.17, 15) is 4.79 Å². The van der Waals surface area contributed by atoms with Gasteiger partial charge in [-0.3, -0.25) is 4.79 Å². The number of aryl methyl sites for hydroxylation is 3. The number of nitrogens with one attached hydrogen (secondary N) is 1. The molecule has 0 saturated heterocycles. The number of rotatable bonds is 3. The van der Waals surface area contributed by atoms with E-state index in [2.05, 4.69) is 12.2 Å². The smallest absolute Gasteiger partial charge is 0.256 e. The van der Waals surface area contributed by atoms with E-state index in [0.717, 1.165) is 39.0 Å². The number of amides is 1. The number of hydrogen-bond acceptors (Lipinski definition) is 2. The molecule has 0 fully saturated rings. The SMILES string of the molecule is Cc1ccc2nc(-c3ccccc3)cc(C(=O)Nc3ccc(C)c(C)c3)c2c1. The lowest BCUT2D eigenvalue weighted by molar-refractivity contribution is 0.102. The number of fused-ring (bicyclic) bond motifs is 1. The quantitative estimate of drug-likeness (QED) is 0.477. The number of carbonyl (C=O) groups is 1. The van der Waals surface area contributed by atoms with Gasteiger partial charge in [-0.05, 0) is 62.2 Å². The lowest BCUT2D eigenvalue weighted by Crippen LogP contribution is -2.13. The highest BCUT2D eigenvalue weighted by Crippen LogP contribution is 2.26. The maximum Gasteiger partial charge on any atom is 0.256 e. The van der Waals surface area contributed by atoms with Gasteiger partial charge in [0.15, 0.2) is 0 Å². The summed E-state index contributed by atoms with van der Waals surface area (Å²) in [5.41, 5.74) is 7.48. The largest absolute Gasteiger partial charge is 0.322 e. The van der Waals surface area contributed by atoms with Gasteiger partial charge in [0.1, 0.15) is 0 Å². The lowest BCUT2D eigenvalue weighted by atomic mass is 10.0. The van der Waals surface area contributed by atoms with Crippen molar-refractivity contribution in [3.8, 4) is 11.3 Å². The molecule has 0 bridgehead atoms. The summed E-state index contributed by atoms with van der Waals surface area (Å²) in [5, 5.41) is 3.91. The topological polar surface area (TPSA) is 42.0 Å². The van der Waals surface area contributed by atoms with E-state index in [4.69, 9.17) is 4.98 Å². The molecule has 0 aliphatic carbocycles. The third-order valence-corrected chi connectivity index (χ3v) is 5.04. The predicted molar refractivity (Wildman–Crippen MR) is 116 cm³/mol. The van der Waals surface area contributed by atoms with Crippen molar-refractivity contribution in [2.45, 2.75) is 20.8 Å². The second kappa shape index (κ2) is 7.28. The fourth-order valence-electron chi connectivity index (χ4n) is 3.30. The Morgan fingerprint density at radius 2 is 1.61 bits per heavy atom. The number of anilines is 1. The molecule has 28 heavy (non-hydrogen) atoms. The van der Waals surface area contributed by atoms with Gasteiger partial charge in [-0.15, -0.1) is 0 Å². The van der Waals surface area contributed by atoms with Gasteiger partial charge in [-0.2, -0.15) is 0 Å². The lowest BCUT2D eigenvalue weighted by Gasteiger charge is -2.12. The second-order valence-corrected chi connectivity index (χ2v) is 7.19. The normalized spacial score (nSPS) is 10.8. The molecular weight excluding hydrogens is 344 g/mol. The first kappa shape index (κ1) is 17.9. The van der Waals surface area contributed by atoms with Gasteiger partial charge in [0, 0.05) is 16.6 Å². The molecule has 0 radical (unpaired) electrons. The van der Waals surface area contributed by atoms with E-state index in [0.29, 0.717) is 5.56 Å². The van der Waals surface area contributed by atoms with E-state index in [-0.39, 0.29) is 5.91 Å².